The van der Waals surface area contributed by atoms with Gasteiger partial charge in [0.2, 0.25) is 0 Å². The van der Waals surface area contributed by atoms with E-state index in [4.69, 9.17) is 16.3 Å². The summed E-state index contributed by atoms with van der Waals surface area (Å²) >= 11 is 5.93. The minimum absolute atomic E-state index is 0.0838. The first kappa shape index (κ1) is 15.9. The quantitative estimate of drug-likeness (QED) is 0.852. The number of halogens is 1. The fourth-order valence-electron chi connectivity index (χ4n) is 2.39. The molecule has 0 saturated carbocycles. The van der Waals surface area contributed by atoms with Gasteiger partial charge in [-0.2, -0.15) is 0 Å². The summed E-state index contributed by atoms with van der Waals surface area (Å²) in [6.07, 6.45) is 3.31. The van der Waals surface area contributed by atoms with Gasteiger partial charge >= 0.3 is 6.09 Å². The summed E-state index contributed by atoms with van der Waals surface area (Å²) in [5, 5.41) is 3.42. The largest absolute Gasteiger partial charge is 0.444 e. The number of carbonyl (C=O) groups is 1. The summed E-state index contributed by atoms with van der Waals surface area (Å²) < 4.78 is 5.30. The number of piperidine rings is 1. The van der Waals surface area contributed by atoms with Gasteiger partial charge in [0.25, 0.3) is 0 Å². The van der Waals surface area contributed by atoms with Crippen molar-refractivity contribution in [2.45, 2.75) is 45.3 Å². The van der Waals surface area contributed by atoms with E-state index in [1.165, 1.54) is 0 Å². The third-order valence-corrected chi connectivity index (χ3v) is 3.42. The fourth-order valence-corrected chi connectivity index (χ4v) is 2.56. The Hall–Kier alpha value is -1.49. The topological polar surface area (TPSA) is 54.5 Å². The maximum Gasteiger partial charge on any atom is 0.407 e. The van der Waals surface area contributed by atoms with Gasteiger partial charge in [-0.3, -0.25) is 0 Å². The van der Waals surface area contributed by atoms with Crippen LogP contribution in [0.2, 0.25) is 5.15 Å². The summed E-state index contributed by atoms with van der Waals surface area (Å²) in [7, 11) is 0. The zero-order chi connectivity index (χ0) is 15.5. The Morgan fingerprint density at radius 2 is 2.29 bits per heavy atom. The number of pyridine rings is 1. The number of amides is 1. The number of nitrogens with one attached hydrogen (secondary N) is 1. The van der Waals surface area contributed by atoms with Gasteiger partial charge < -0.3 is 15.0 Å². The van der Waals surface area contributed by atoms with E-state index in [9.17, 15) is 4.79 Å². The molecule has 0 bridgehead atoms. The van der Waals surface area contributed by atoms with Crippen molar-refractivity contribution in [2.75, 3.05) is 18.0 Å². The molecular weight excluding hydrogens is 290 g/mol. The molecule has 21 heavy (non-hydrogen) atoms. The Bertz CT molecular complexity index is 502. The summed E-state index contributed by atoms with van der Waals surface area (Å²) in [5.74, 6) is 0. The Morgan fingerprint density at radius 3 is 2.95 bits per heavy atom. The van der Waals surface area contributed by atoms with Crippen molar-refractivity contribution in [3.05, 3.63) is 23.5 Å². The van der Waals surface area contributed by atoms with Crippen LogP contribution in [-0.4, -0.2) is 35.8 Å². The average molecular weight is 312 g/mol. The van der Waals surface area contributed by atoms with E-state index in [-0.39, 0.29) is 12.1 Å². The minimum Gasteiger partial charge on any atom is -0.444 e. The highest BCUT2D eigenvalue weighted by atomic mass is 35.5. The molecule has 1 unspecified atom stereocenters. The predicted molar refractivity (Wildman–Crippen MR) is 83.9 cm³/mol. The van der Waals surface area contributed by atoms with Crippen LogP contribution in [0.25, 0.3) is 0 Å². The van der Waals surface area contributed by atoms with Gasteiger partial charge in [-0.1, -0.05) is 11.6 Å². The third-order valence-electron chi connectivity index (χ3n) is 3.22. The summed E-state index contributed by atoms with van der Waals surface area (Å²) in [5.41, 5.74) is 0.558. The zero-order valence-corrected chi connectivity index (χ0v) is 13.5. The minimum atomic E-state index is -0.475. The molecule has 2 rings (SSSR count). The zero-order valence-electron chi connectivity index (χ0n) is 12.7. The Morgan fingerprint density at radius 1 is 1.52 bits per heavy atom. The average Bonchev–Trinajstić information content (AvgIpc) is 2.36. The van der Waals surface area contributed by atoms with E-state index in [2.05, 4.69) is 15.2 Å². The first-order valence-electron chi connectivity index (χ1n) is 7.19. The molecule has 0 spiro atoms. The molecule has 1 fully saturated rings. The maximum atomic E-state index is 11.8. The lowest BCUT2D eigenvalue weighted by molar-refractivity contribution is 0.0500. The number of nitrogens with zero attached hydrogens (tertiary/aromatic N) is 2. The van der Waals surface area contributed by atoms with E-state index in [1.54, 1.807) is 6.20 Å². The number of carbonyl (C=O) groups excluding carboxylic acids is 1. The van der Waals surface area contributed by atoms with E-state index in [0.29, 0.717) is 5.15 Å². The SMILES string of the molecule is CC(C)(C)OC(=O)NC1CCCN(c2ccnc(Cl)c2)C1. The monoisotopic (exact) mass is 311 g/mol. The molecule has 1 aliphatic heterocycles. The van der Waals surface area contributed by atoms with Gasteiger partial charge in [-0.05, 0) is 45.7 Å². The molecule has 1 atom stereocenters. The molecule has 2 heterocycles. The molecule has 0 aromatic carbocycles. The van der Waals surface area contributed by atoms with Gasteiger partial charge in [0, 0.05) is 31.0 Å². The smallest absolute Gasteiger partial charge is 0.407 e. The molecule has 1 saturated heterocycles. The van der Waals surface area contributed by atoms with Crippen LogP contribution in [0.15, 0.2) is 18.3 Å². The molecule has 116 valence electrons. The highest BCUT2D eigenvalue weighted by Crippen LogP contribution is 2.22. The van der Waals surface area contributed by atoms with Crippen molar-refractivity contribution in [3.8, 4) is 0 Å². The van der Waals surface area contributed by atoms with Gasteiger partial charge in [0.1, 0.15) is 10.8 Å². The van der Waals surface area contributed by atoms with Gasteiger partial charge in [-0.15, -0.1) is 0 Å². The standard InChI is InChI=1S/C15H22ClN3O2/c1-15(2,3)21-14(20)18-11-5-4-8-19(10-11)12-6-7-17-13(16)9-12/h6-7,9,11H,4-5,8,10H2,1-3H3,(H,18,20). The molecule has 0 aliphatic carbocycles. The van der Waals surface area contributed by atoms with Crippen LogP contribution in [0.4, 0.5) is 10.5 Å². The number of ether oxygens (including phenoxy) is 1. The summed E-state index contributed by atoms with van der Waals surface area (Å²) in [6, 6.07) is 3.86. The lowest BCUT2D eigenvalue weighted by Gasteiger charge is -2.35. The van der Waals surface area contributed by atoms with Gasteiger partial charge in [0.15, 0.2) is 0 Å². The summed E-state index contributed by atoms with van der Waals surface area (Å²) in [6.45, 7) is 7.28. The number of aromatic nitrogens is 1. The first-order valence-corrected chi connectivity index (χ1v) is 7.57. The molecule has 5 nitrogen and oxygen atoms in total. The van der Waals surface area contributed by atoms with Crippen LogP contribution in [-0.2, 0) is 4.74 Å². The van der Waals surface area contributed by atoms with Gasteiger partial charge in [-0.25, -0.2) is 9.78 Å². The summed E-state index contributed by atoms with van der Waals surface area (Å²) in [4.78, 5) is 18.0. The number of hydrogen-bond donors (Lipinski definition) is 1. The first-order chi connectivity index (χ1) is 9.83. The van der Waals surface area contributed by atoms with Crippen LogP contribution >= 0.6 is 11.6 Å². The lowest BCUT2D eigenvalue weighted by Crippen LogP contribution is -2.49. The molecule has 1 N–H and O–H groups in total. The fraction of sp³-hybridized carbons (Fsp3) is 0.600. The van der Waals surface area contributed by atoms with E-state index in [0.717, 1.165) is 31.6 Å². The maximum absolute atomic E-state index is 11.8. The van der Waals surface area contributed by atoms with Crippen molar-refractivity contribution in [1.29, 1.82) is 0 Å². The van der Waals surface area contributed by atoms with Crippen LogP contribution in [0.1, 0.15) is 33.6 Å². The van der Waals surface area contributed by atoms with Crippen LogP contribution < -0.4 is 10.2 Å². The molecule has 1 aliphatic rings. The van der Waals surface area contributed by atoms with Crippen LogP contribution in [0.3, 0.4) is 0 Å². The Balaban J connectivity index is 1.93. The van der Waals surface area contributed by atoms with E-state index in [1.807, 2.05) is 32.9 Å². The molecule has 1 aromatic heterocycles. The predicted octanol–water partition coefficient (Wildman–Crippen LogP) is 3.23. The number of anilines is 1. The van der Waals surface area contributed by atoms with Crippen LogP contribution in [0, 0.1) is 0 Å². The highest BCUT2D eigenvalue weighted by molar-refractivity contribution is 6.29. The van der Waals surface area contributed by atoms with Crippen molar-refractivity contribution >= 4 is 23.4 Å². The van der Waals surface area contributed by atoms with Crippen molar-refractivity contribution in [2.24, 2.45) is 0 Å². The highest BCUT2D eigenvalue weighted by Gasteiger charge is 2.24. The third kappa shape index (κ3) is 5.08. The van der Waals surface area contributed by atoms with E-state index >= 15 is 0 Å². The number of rotatable bonds is 2. The molecular formula is C15H22ClN3O2. The molecule has 1 aromatic rings. The molecule has 6 heteroatoms. The second-order valence-corrected chi connectivity index (χ2v) is 6.66. The van der Waals surface area contributed by atoms with Crippen molar-refractivity contribution < 1.29 is 9.53 Å². The normalized spacial score (nSPS) is 19.2. The Kier molecular flexibility index (Phi) is 4.93. The second kappa shape index (κ2) is 6.52. The van der Waals surface area contributed by atoms with Gasteiger partial charge in [0.05, 0.1) is 0 Å². The second-order valence-electron chi connectivity index (χ2n) is 6.27. The van der Waals surface area contributed by atoms with Crippen LogP contribution in [0.5, 0.6) is 0 Å². The van der Waals surface area contributed by atoms with Crippen molar-refractivity contribution in [3.63, 3.8) is 0 Å². The van der Waals surface area contributed by atoms with E-state index < -0.39 is 5.60 Å². The lowest BCUT2D eigenvalue weighted by atomic mass is 10.1. The number of hydrogen-bond acceptors (Lipinski definition) is 4. The Labute approximate surface area is 130 Å². The number of alkyl carbamates (subject to hydrolysis) is 1. The molecule has 1 amide bonds. The van der Waals surface area contributed by atoms with Crippen molar-refractivity contribution in [1.82, 2.24) is 10.3 Å². The molecule has 0 radical (unpaired) electrons.